The Hall–Kier alpha value is -2.29. The summed E-state index contributed by atoms with van der Waals surface area (Å²) in [5.74, 6) is 0.881. The van der Waals surface area contributed by atoms with E-state index in [1.54, 1.807) is 7.11 Å². The molecular weight excluding hydrogens is 226 g/mol. The summed E-state index contributed by atoms with van der Waals surface area (Å²) in [5.41, 5.74) is 3.80. The molecule has 3 aromatic rings. The molecule has 0 radical (unpaired) electrons. The molecule has 3 heteroatoms. The van der Waals surface area contributed by atoms with Gasteiger partial charge in [0.1, 0.15) is 11.4 Å². The van der Waals surface area contributed by atoms with Crippen LogP contribution in [0.5, 0.6) is 5.75 Å². The molecule has 3 rings (SSSR count). The lowest BCUT2D eigenvalue weighted by atomic mass is 10.1. The first-order valence-electron chi connectivity index (χ1n) is 5.79. The number of hydrogen-bond acceptors (Lipinski definition) is 3. The molecule has 0 spiro atoms. The van der Waals surface area contributed by atoms with Crippen LogP contribution in [0.4, 0.5) is 0 Å². The Bertz CT molecular complexity index is 701. The molecule has 90 valence electrons. The van der Waals surface area contributed by atoms with E-state index < -0.39 is 0 Å². The highest BCUT2D eigenvalue weighted by atomic mass is 16.5. The minimum absolute atomic E-state index is 0.806. The van der Waals surface area contributed by atoms with Crippen LogP contribution in [0.2, 0.25) is 0 Å². The van der Waals surface area contributed by atoms with Gasteiger partial charge < -0.3 is 9.26 Å². The summed E-state index contributed by atoms with van der Waals surface area (Å²) in [6.07, 6.45) is 0. The van der Waals surface area contributed by atoms with Crippen molar-refractivity contribution in [3.63, 3.8) is 0 Å². The van der Waals surface area contributed by atoms with Crippen molar-refractivity contribution in [2.24, 2.45) is 0 Å². The maximum atomic E-state index is 5.32. The van der Waals surface area contributed by atoms with Gasteiger partial charge in [0, 0.05) is 10.9 Å². The largest absolute Gasteiger partial charge is 0.496 e. The van der Waals surface area contributed by atoms with Crippen LogP contribution >= 0.6 is 0 Å². The number of hydrogen-bond donors (Lipinski definition) is 0. The molecule has 0 atom stereocenters. The second-order valence-electron chi connectivity index (χ2n) is 4.21. The Morgan fingerprint density at radius 3 is 2.72 bits per heavy atom. The van der Waals surface area contributed by atoms with Gasteiger partial charge in [0.15, 0.2) is 5.58 Å². The average molecular weight is 239 g/mol. The molecule has 0 amide bonds. The third-order valence-corrected chi connectivity index (χ3v) is 3.05. The van der Waals surface area contributed by atoms with Crippen LogP contribution in [-0.2, 0) is 0 Å². The van der Waals surface area contributed by atoms with Crippen LogP contribution in [0, 0.1) is 6.92 Å². The molecule has 0 aliphatic heterocycles. The van der Waals surface area contributed by atoms with Crippen LogP contribution in [0.15, 0.2) is 47.0 Å². The minimum Gasteiger partial charge on any atom is -0.496 e. The van der Waals surface area contributed by atoms with Crippen LogP contribution in [0.1, 0.15) is 5.56 Å². The lowest BCUT2D eigenvalue weighted by molar-refractivity contribution is 0.411. The van der Waals surface area contributed by atoms with E-state index in [9.17, 15) is 0 Å². The highest BCUT2D eigenvalue weighted by Crippen LogP contribution is 2.30. The molecule has 0 saturated heterocycles. The number of aryl methyl sites for hydroxylation is 1. The Labute approximate surface area is 105 Å². The molecule has 0 fully saturated rings. The van der Waals surface area contributed by atoms with Crippen molar-refractivity contribution >= 4 is 11.0 Å². The Morgan fingerprint density at radius 2 is 1.94 bits per heavy atom. The standard InChI is InChI=1S/C15H13NO2/c1-10-9-11(7-8-13(10)17-2)15-12-5-3-4-6-14(12)18-16-15/h3-9H,1-2H3. The number of benzene rings is 2. The Balaban J connectivity index is 2.17. The molecule has 3 nitrogen and oxygen atoms in total. The van der Waals surface area contributed by atoms with Crippen molar-refractivity contribution in [1.82, 2.24) is 5.16 Å². The number of fused-ring (bicyclic) bond motifs is 1. The van der Waals surface area contributed by atoms with E-state index in [0.29, 0.717) is 0 Å². The van der Waals surface area contributed by atoms with Gasteiger partial charge in [0.2, 0.25) is 0 Å². The summed E-state index contributed by atoms with van der Waals surface area (Å²) < 4.78 is 10.6. The maximum Gasteiger partial charge on any atom is 0.167 e. The van der Waals surface area contributed by atoms with E-state index in [0.717, 1.165) is 33.5 Å². The molecule has 0 saturated carbocycles. The number of rotatable bonds is 2. The first kappa shape index (κ1) is 10.8. The highest BCUT2D eigenvalue weighted by Gasteiger charge is 2.10. The van der Waals surface area contributed by atoms with Crippen LogP contribution in [-0.4, -0.2) is 12.3 Å². The van der Waals surface area contributed by atoms with Crippen molar-refractivity contribution < 1.29 is 9.26 Å². The van der Waals surface area contributed by atoms with Crippen LogP contribution in [0.25, 0.3) is 22.2 Å². The summed E-state index contributed by atoms with van der Waals surface area (Å²) in [6, 6.07) is 13.9. The zero-order valence-corrected chi connectivity index (χ0v) is 10.3. The van der Waals surface area contributed by atoms with Gasteiger partial charge >= 0.3 is 0 Å². The monoisotopic (exact) mass is 239 g/mol. The van der Waals surface area contributed by atoms with Crippen molar-refractivity contribution in [1.29, 1.82) is 0 Å². The van der Waals surface area contributed by atoms with E-state index in [-0.39, 0.29) is 0 Å². The van der Waals surface area contributed by atoms with Gasteiger partial charge in [-0.1, -0.05) is 17.3 Å². The van der Waals surface area contributed by atoms with Crippen LogP contribution < -0.4 is 4.74 Å². The third-order valence-electron chi connectivity index (χ3n) is 3.05. The highest BCUT2D eigenvalue weighted by molar-refractivity contribution is 5.91. The number of aromatic nitrogens is 1. The molecule has 18 heavy (non-hydrogen) atoms. The zero-order chi connectivity index (χ0) is 12.5. The number of ether oxygens (including phenoxy) is 1. The molecule has 1 heterocycles. The molecule has 0 aliphatic rings. The summed E-state index contributed by atoms with van der Waals surface area (Å²) in [7, 11) is 1.67. The second-order valence-corrected chi connectivity index (χ2v) is 4.21. The van der Waals surface area contributed by atoms with Gasteiger partial charge in [0.25, 0.3) is 0 Å². The first-order valence-corrected chi connectivity index (χ1v) is 5.79. The average Bonchev–Trinajstić information content (AvgIpc) is 2.82. The molecular formula is C15H13NO2. The van der Waals surface area contributed by atoms with E-state index in [2.05, 4.69) is 11.2 Å². The molecule has 0 unspecified atom stereocenters. The van der Waals surface area contributed by atoms with Gasteiger partial charge in [-0.3, -0.25) is 0 Å². The molecule has 1 aromatic heterocycles. The predicted molar refractivity (Wildman–Crippen MR) is 70.7 cm³/mol. The third kappa shape index (κ3) is 1.64. The van der Waals surface area contributed by atoms with Crippen molar-refractivity contribution in [3.8, 4) is 17.0 Å². The Morgan fingerprint density at radius 1 is 1.11 bits per heavy atom. The quantitative estimate of drug-likeness (QED) is 0.682. The van der Waals surface area contributed by atoms with E-state index >= 15 is 0 Å². The molecule has 0 aliphatic carbocycles. The van der Waals surface area contributed by atoms with Gasteiger partial charge in [-0.25, -0.2) is 0 Å². The van der Waals surface area contributed by atoms with Gasteiger partial charge in [0.05, 0.1) is 7.11 Å². The summed E-state index contributed by atoms with van der Waals surface area (Å²) in [6.45, 7) is 2.02. The lowest BCUT2D eigenvalue weighted by Gasteiger charge is -2.05. The molecule has 0 bridgehead atoms. The summed E-state index contributed by atoms with van der Waals surface area (Å²) >= 11 is 0. The maximum absolute atomic E-state index is 5.32. The smallest absolute Gasteiger partial charge is 0.167 e. The fraction of sp³-hybridized carbons (Fsp3) is 0.133. The zero-order valence-electron chi connectivity index (χ0n) is 10.3. The normalized spacial score (nSPS) is 10.8. The SMILES string of the molecule is COc1ccc(-c2noc3ccccc23)cc1C. The van der Waals surface area contributed by atoms with Gasteiger partial charge in [-0.2, -0.15) is 0 Å². The van der Waals surface area contributed by atoms with Crippen molar-refractivity contribution in [3.05, 3.63) is 48.0 Å². The number of para-hydroxylation sites is 1. The van der Waals surface area contributed by atoms with E-state index in [1.165, 1.54) is 0 Å². The van der Waals surface area contributed by atoms with Crippen molar-refractivity contribution in [2.45, 2.75) is 6.92 Å². The first-order chi connectivity index (χ1) is 8.79. The number of nitrogens with zero attached hydrogens (tertiary/aromatic N) is 1. The molecule has 2 aromatic carbocycles. The lowest BCUT2D eigenvalue weighted by Crippen LogP contribution is -1.87. The van der Waals surface area contributed by atoms with Gasteiger partial charge in [-0.15, -0.1) is 0 Å². The minimum atomic E-state index is 0.806. The fourth-order valence-electron chi connectivity index (χ4n) is 2.12. The van der Waals surface area contributed by atoms with Crippen molar-refractivity contribution in [2.75, 3.05) is 7.11 Å². The van der Waals surface area contributed by atoms with E-state index in [4.69, 9.17) is 9.26 Å². The Kier molecular flexibility index (Phi) is 2.52. The van der Waals surface area contributed by atoms with Gasteiger partial charge in [-0.05, 0) is 42.8 Å². The predicted octanol–water partition coefficient (Wildman–Crippen LogP) is 3.81. The van der Waals surface area contributed by atoms with E-state index in [1.807, 2.05) is 43.3 Å². The number of methoxy groups -OCH3 is 1. The fourth-order valence-corrected chi connectivity index (χ4v) is 2.12. The van der Waals surface area contributed by atoms with Crippen LogP contribution in [0.3, 0.4) is 0 Å². The summed E-state index contributed by atoms with van der Waals surface area (Å²) in [5, 5.41) is 5.18. The molecule has 0 N–H and O–H groups in total. The summed E-state index contributed by atoms with van der Waals surface area (Å²) in [4.78, 5) is 0. The second kappa shape index (κ2) is 4.18. The topological polar surface area (TPSA) is 35.3 Å².